The summed E-state index contributed by atoms with van der Waals surface area (Å²) >= 11 is 4.44. The quantitative estimate of drug-likeness (QED) is 0.227. The summed E-state index contributed by atoms with van der Waals surface area (Å²) in [7, 11) is 0. The maximum Gasteiger partial charge on any atom is 0.262 e. The Morgan fingerprint density at radius 3 is 2.86 bits per heavy atom. The minimum atomic E-state index is -0.117. The van der Waals surface area contributed by atoms with Crippen molar-refractivity contribution in [3.8, 4) is 0 Å². The minimum Gasteiger partial charge on any atom is -0.467 e. The molecule has 0 amide bonds. The van der Waals surface area contributed by atoms with Gasteiger partial charge in [-0.3, -0.25) is 9.36 Å². The van der Waals surface area contributed by atoms with Gasteiger partial charge in [0.1, 0.15) is 21.8 Å². The summed E-state index contributed by atoms with van der Waals surface area (Å²) in [4.78, 5) is 31.1. The smallest absolute Gasteiger partial charge is 0.262 e. The average molecular weight is 440 g/mol. The Kier molecular flexibility index (Phi) is 4.82. The number of fused-ring (bicyclic) bond motifs is 2. The van der Waals surface area contributed by atoms with E-state index in [0.717, 1.165) is 14.1 Å². The topological polar surface area (TPSA) is 86.7 Å². The largest absolute Gasteiger partial charge is 0.467 e. The van der Waals surface area contributed by atoms with Gasteiger partial charge < -0.3 is 4.42 Å². The molecule has 10 heteroatoms. The Morgan fingerprint density at radius 2 is 2.03 bits per heavy atom. The zero-order valence-corrected chi connectivity index (χ0v) is 17.6. The van der Waals surface area contributed by atoms with Crippen molar-refractivity contribution in [3.63, 3.8) is 0 Å². The van der Waals surface area contributed by atoms with E-state index in [4.69, 9.17) is 9.40 Å². The normalized spacial score (nSPS) is 11.5. The predicted molar refractivity (Wildman–Crippen MR) is 115 cm³/mol. The molecule has 0 unspecified atom stereocenters. The molecule has 0 aliphatic carbocycles. The molecule has 4 heterocycles. The van der Waals surface area contributed by atoms with Crippen molar-refractivity contribution in [2.75, 3.05) is 6.26 Å². The van der Waals surface area contributed by atoms with Gasteiger partial charge in [-0.25, -0.2) is 19.9 Å². The molecule has 5 aromatic rings. The van der Waals surface area contributed by atoms with Gasteiger partial charge in [0.2, 0.25) is 0 Å². The second-order valence-electron chi connectivity index (χ2n) is 6.00. The molecule has 5 rings (SSSR count). The first kappa shape index (κ1) is 18.3. The standard InChI is InChI=1S/C19H13N5O2S3/c1-27-19-23-15-14(28-19)16(21-10-20-15)29-18-22-13-7-3-2-6-12(13)17(25)24(18)9-11-5-4-8-26-11/h2-8,10H,9H2,1H3. The van der Waals surface area contributed by atoms with Crippen LogP contribution in [0.5, 0.6) is 0 Å². The SMILES string of the molecule is CSc1nc2ncnc(Sc3nc4ccccc4c(=O)n3Cc3ccco3)c2s1. The summed E-state index contributed by atoms with van der Waals surface area (Å²) < 4.78 is 8.89. The summed E-state index contributed by atoms with van der Waals surface area (Å²) in [6.07, 6.45) is 5.06. The summed E-state index contributed by atoms with van der Waals surface area (Å²) in [5, 5.41) is 1.84. The van der Waals surface area contributed by atoms with Gasteiger partial charge >= 0.3 is 0 Å². The maximum absolute atomic E-state index is 13.2. The van der Waals surface area contributed by atoms with E-state index in [0.29, 0.717) is 34.0 Å². The van der Waals surface area contributed by atoms with Crippen molar-refractivity contribution in [1.82, 2.24) is 24.5 Å². The fraction of sp³-hybridized carbons (Fsp3) is 0.105. The van der Waals surface area contributed by atoms with E-state index in [1.807, 2.05) is 30.5 Å². The van der Waals surface area contributed by atoms with Crippen LogP contribution in [0.2, 0.25) is 0 Å². The molecular formula is C19H13N5O2S3. The lowest BCUT2D eigenvalue weighted by atomic mass is 10.2. The van der Waals surface area contributed by atoms with Crippen molar-refractivity contribution in [2.45, 2.75) is 21.1 Å². The first-order chi connectivity index (χ1) is 14.2. The fourth-order valence-electron chi connectivity index (χ4n) is 2.88. The van der Waals surface area contributed by atoms with Gasteiger partial charge in [-0.1, -0.05) is 23.9 Å². The number of hydrogen-bond donors (Lipinski definition) is 0. The summed E-state index contributed by atoms with van der Waals surface area (Å²) in [5.74, 6) is 0.682. The molecule has 144 valence electrons. The van der Waals surface area contributed by atoms with Crippen molar-refractivity contribution in [2.24, 2.45) is 0 Å². The van der Waals surface area contributed by atoms with E-state index in [2.05, 4.69) is 15.0 Å². The number of nitrogens with zero attached hydrogens (tertiary/aromatic N) is 5. The fourth-order valence-corrected chi connectivity index (χ4v) is 5.39. The van der Waals surface area contributed by atoms with Crippen molar-refractivity contribution in [1.29, 1.82) is 0 Å². The molecule has 0 bridgehead atoms. The van der Waals surface area contributed by atoms with E-state index in [-0.39, 0.29) is 5.56 Å². The van der Waals surface area contributed by atoms with Gasteiger partial charge in [-0.2, -0.15) is 0 Å². The second-order valence-corrected chi connectivity index (χ2v) is 9.01. The number of thiazole rings is 1. The highest BCUT2D eigenvalue weighted by Crippen LogP contribution is 2.35. The van der Waals surface area contributed by atoms with Gasteiger partial charge in [0.25, 0.3) is 5.56 Å². The van der Waals surface area contributed by atoms with Gasteiger partial charge in [0.05, 0.1) is 23.7 Å². The van der Waals surface area contributed by atoms with Crippen LogP contribution in [0.3, 0.4) is 0 Å². The Labute approximate surface area is 177 Å². The third-order valence-electron chi connectivity index (χ3n) is 4.22. The molecule has 0 radical (unpaired) electrons. The first-order valence-corrected chi connectivity index (χ1v) is 11.4. The van der Waals surface area contributed by atoms with Gasteiger partial charge in [0.15, 0.2) is 15.1 Å². The second kappa shape index (κ2) is 7.62. The number of benzene rings is 1. The molecule has 4 aromatic heterocycles. The third-order valence-corrected chi connectivity index (χ3v) is 7.38. The van der Waals surface area contributed by atoms with Crippen molar-refractivity contribution >= 4 is 56.1 Å². The molecule has 29 heavy (non-hydrogen) atoms. The van der Waals surface area contributed by atoms with Crippen LogP contribution >= 0.6 is 34.9 Å². The number of thioether (sulfide) groups is 1. The van der Waals surface area contributed by atoms with Crippen LogP contribution in [0, 0.1) is 0 Å². The number of aromatic nitrogens is 5. The van der Waals surface area contributed by atoms with Crippen LogP contribution < -0.4 is 5.56 Å². The Hall–Kier alpha value is -2.69. The van der Waals surface area contributed by atoms with Gasteiger partial charge in [-0.15, -0.1) is 11.3 Å². The number of para-hydroxylation sites is 1. The van der Waals surface area contributed by atoms with E-state index in [1.54, 1.807) is 34.7 Å². The minimum absolute atomic E-state index is 0.117. The van der Waals surface area contributed by atoms with E-state index in [1.165, 1.54) is 29.4 Å². The molecule has 1 aromatic carbocycles. The molecule has 0 saturated carbocycles. The predicted octanol–water partition coefficient (Wildman–Crippen LogP) is 4.31. The van der Waals surface area contributed by atoms with Crippen molar-refractivity contribution < 1.29 is 4.42 Å². The molecule has 0 spiro atoms. The highest BCUT2D eigenvalue weighted by Gasteiger charge is 2.17. The molecular weight excluding hydrogens is 426 g/mol. The lowest BCUT2D eigenvalue weighted by molar-refractivity contribution is 0.476. The maximum atomic E-state index is 13.2. The lowest BCUT2D eigenvalue weighted by Crippen LogP contribution is -2.23. The number of hydrogen-bond acceptors (Lipinski definition) is 9. The van der Waals surface area contributed by atoms with Crippen LogP contribution in [0.15, 0.2) is 72.7 Å². The Balaban J connectivity index is 1.68. The van der Waals surface area contributed by atoms with E-state index >= 15 is 0 Å². The molecule has 0 aliphatic heterocycles. The molecule has 7 nitrogen and oxygen atoms in total. The zero-order valence-electron chi connectivity index (χ0n) is 15.1. The molecule has 0 saturated heterocycles. The van der Waals surface area contributed by atoms with Crippen molar-refractivity contribution in [3.05, 3.63) is 65.1 Å². The zero-order chi connectivity index (χ0) is 19.8. The summed E-state index contributed by atoms with van der Waals surface area (Å²) in [6.45, 7) is 0.291. The average Bonchev–Trinajstić information content (AvgIpc) is 3.41. The van der Waals surface area contributed by atoms with E-state index < -0.39 is 0 Å². The summed E-state index contributed by atoms with van der Waals surface area (Å²) in [5.41, 5.74) is 1.18. The lowest BCUT2D eigenvalue weighted by Gasteiger charge is -2.11. The van der Waals surface area contributed by atoms with Crippen LogP contribution in [-0.4, -0.2) is 30.8 Å². The third kappa shape index (κ3) is 3.43. The molecule has 0 aliphatic rings. The number of furan rings is 1. The van der Waals surface area contributed by atoms with Crippen LogP contribution in [0.25, 0.3) is 21.3 Å². The first-order valence-electron chi connectivity index (χ1n) is 8.58. The van der Waals surface area contributed by atoms with Crippen LogP contribution in [0.1, 0.15) is 5.76 Å². The highest BCUT2D eigenvalue weighted by atomic mass is 32.2. The van der Waals surface area contributed by atoms with Gasteiger partial charge in [-0.05, 0) is 42.3 Å². The molecule has 0 fully saturated rings. The highest BCUT2D eigenvalue weighted by molar-refractivity contribution is 8.00. The molecule has 0 atom stereocenters. The Bertz CT molecular complexity index is 1380. The number of rotatable bonds is 5. The van der Waals surface area contributed by atoms with Gasteiger partial charge in [0, 0.05) is 0 Å². The van der Waals surface area contributed by atoms with E-state index in [9.17, 15) is 4.79 Å². The monoisotopic (exact) mass is 439 g/mol. The van der Waals surface area contributed by atoms with Crippen LogP contribution in [-0.2, 0) is 6.54 Å². The summed E-state index contributed by atoms with van der Waals surface area (Å²) in [6, 6.07) is 11.0. The van der Waals surface area contributed by atoms with Crippen LogP contribution in [0.4, 0.5) is 0 Å². The molecule has 0 N–H and O–H groups in total. The Morgan fingerprint density at radius 1 is 1.14 bits per heavy atom.